The van der Waals surface area contributed by atoms with Crippen molar-refractivity contribution in [2.45, 2.75) is 10.7 Å². The van der Waals surface area contributed by atoms with Crippen molar-refractivity contribution in [3.63, 3.8) is 0 Å². The molecule has 0 amide bonds. The SMILES string of the molecule is C=CCN(C)C/C=C/COc1ccc(C2(Br)C=CC(C=O)=CC2)cc1F. The van der Waals surface area contributed by atoms with Gasteiger partial charge < -0.3 is 4.74 Å². The summed E-state index contributed by atoms with van der Waals surface area (Å²) >= 11 is 3.64. The summed E-state index contributed by atoms with van der Waals surface area (Å²) in [5.41, 5.74) is 1.41. The molecule has 0 radical (unpaired) electrons. The van der Waals surface area contributed by atoms with E-state index in [1.807, 2.05) is 43.5 Å². The summed E-state index contributed by atoms with van der Waals surface area (Å²) < 4.78 is 19.4. The van der Waals surface area contributed by atoms with Crippen LogP contribution < -0.4 is 4.74 Å². The molecule has 1 aliphatic rings. The van der Waals surface area contributed by atoms with E-state index in [2.05, 4.69) is 27.4 Å². The second-order valence-corrected chi connectivity index (χ2v) is 7.57. The Morgan fingerprint density at radius 3 is 2.81 bits per heavy atom. The number of rotatable bonds is 9. The van der Waals surface area contributed by atoms with Gasteiger partial charge in [-0.25, -0.2) is 4.39 Å². The van der Waals surface area contributed by atoms with Crippen LogP contribution in [0.4, 0.5) is 4.39 Å². The van der Waals surface area contributed by atoms with Crippen molar-refractivity contribution in [2.24, 2.45) is 0 Å². The van der Waals surface area contributed by atoms with Crippen molar-refractivity contribution in [2.75, 3.05) is 26.7 Å². The number of aldehydes is 1. The van der Waals surface area contributed by atoms with E-state index in [0.717, 1.165) is 24.9 Å². The maximum atomic E-state index is 14.4. The third-order valence-electron chi connectivity index (χ3n) is 4.08. The molecular formula is C21H23BrFNO2. The second-order valence-electron chi connectivity index (χ2n) is 6.16. The Labute approximate surface area is 162 Å². The Morgan fingerprint density at radius 1 is 1.38 bits per heavy atom. The number of likely N-dealkylation sites (N-methyl/N-ethyl adjacent to an activating group) is 1. The van der Waals surface area contributed by atoms with Gasteiger partial charge in [0.2, 0.25) is 0 Å². The van der Waals surface area contributed by atoms with E-state index >= 15 is 0 Å². The van der Waals surface area contributed by atoms with Gasteiger partial charge in [-0.15, -0.1) is 6.58 Å². The van der Waals surface area contributed by atoms with Gasteiger partial charge in [0.05, 0.1) is 4.32 Å². The van der Waals surface area contributed by atoms with Crippen LogP contribution in [0.25, 0.3) is 0 Å². The lowest BCUT2D eigenvalue weighted by molar-refractivity contribution is -0.104. The maximum absolute atomic E-state index is 14.4. The summed E-state index contributed by atoms with van der Waals surface area (Å²) in [5, 5.41) is 0. The topological polar surface area (TPSA) is 29.5 Å². The largest absolute Gasteiger partial charge is 0.486 e. The van der Waals surface area contributed by atoms with Crippen molar-refractivity contribution in [1.29, 1.82) is 0 Å². The van der Waals surface area contributed by atoms with E-state index in [1.165, 1.54) is 6.07 Å². The highest BCUT2D eigenvalue weighted by atomic mass is 79.9. The number of carbonyl (C=O) groups excluding carboxylic acids is 1. The molecule has 0 aliphatic heterocycles. The molecule has 0 aromatic heterocycles. The normalized spacial score (nSPS) is 19.6. The van der Waals surface area contributed by atoms with Crippen LogP contribution in [-0.2, 0) is 9.12 Å². The summed E-state index contributed by atoms with van der Waals surface area (Å²) in [6, 6.07) is 4.94. The third kappa shape index (κ3) is 5.51. The molecule has 0 N–H and O–H groups in total. The summed E-state index contributed by atoms with van der Waals surface area (Å²) in [7, 11) is 1.99. The van der Waals surface area contributed by atoms with E-state index in [-0.39, 0.29) is 5.75 Å². The number of benzene rings is 1. The van der Waals surface area contributed by atoms with Crippen LogP contribution in [0, 0.1) is 5.82 Å². The molecule has 0 heterocycles. The molecule has 0 bridgehead atoms. The number of alkyl halides is 1. The lowest BCUT2D eigenvalue weighted by Gasteiger charge is -2.26. The first-order valence-electron chi connectivity index (χ1n) is 8.39. The predicted octanol–water partition coefficient (Wildman–Crippen LogP) is 4.55. The Kier molecular flexibility index (Phi) is 7.54. The molecule has 0 saturated carbocycles. The number of allylic oxidation sites excluding steroid dienone is 4. The highest BCUT2D eigenvalue weighted by molar-refractivity contribution is 9.09. The van der Waals surface area contributed by atoms with Crippen molar-refractivity contribution in [3.8, 4) is 5.75 Å². The smallest absolute Gasteiger partial charge is 0.165 e. The first kappa shape index (κ1) is 20.3. The number of halogens is 2. The molecule has 1 unspecified atom stereocenters. The molecule has 0 spiro atoms. The van der Waals surface area contributed by atoms with E-state index in [9.17, 15) is 9.18 Å². The minimum Gasteiger partial charge on any atom is -0.486 e. The Morgan fingerprint density at radius 2 is 2.19 bits per heavy atom. The second kappa shape index (κ2) is 9.64. The van der Waals surface area contributed by atoms with Gasteiger partial charge in [-0.3, -0.25) is 9.69 Å². The molecule has 3 nitrogen and oxygen atoms in total. The fraction of sp³-hybridized carbons (Fsp3) is 0.286. The zero-order valence-electron chi connectivity index (χ0n) is 14.8. The van der Waals surface area contributed by atoms with E-state index in [4.69, 9.17) is 4.74 Å². The summed E-state index contributed by atoms with van der Waals surface area (Å²) in [6.45, 7) is 5.59. The number of ether oxygens (including phenoxy) is 1. The summed E-state index contributed by atoms with van der Waals surface area (Å²) in [5.74, 6) is -0.185. The van der Waals surface area contributed by atoms with E-state index < -0.39 is 10.1 Å². The zero-order chi connectivity index (χ0) is 19.0. The van der Waals surface area contributed by atoms with Crippen LogP contribution in [0.2, 0.25) is 0 Å². The lowest BCUT2D eigenvalue weighted by atomic mass is 9.90. The van der Waals surface area contributed by atoms with E-state index in [1.54, 1.807) is 12.1 Å². The van der Waals surface area contributed by atoms with E-state index in [0.29, 0.717) is 18.6 Å². The maximum Gasteiger partial charge on any atom is 0.165 e. The first-order valence-corrected chi connectivity index (χ1v) is 9.18. The predicted molar refractivity (Wildman–Crippen MR) is 107 cm³/mol. The minimum atomic E-state index is -0.505. The summed E-state index contributed by atoms with van der Waals surface area (Å²) in [6.07, 6.45) is 12.5. The Hall–Kier alpha value is -1.98. The van der Waals surface area contributed by atoms with Gasteiger partial charge in [0, 0.05) is 18.7 Å². The van der Waals surface area contributed by atoms with Crippen molar-refractivity contribution in [3.05, 3.63) is 78.2 Å². The highest BCUT2D eigenvalue weighted by Gasteiger charge is 2.28. The Balaban J connectivity index is 1.94. The quantitative estimate of drug-likeness (QED) is 0.334. The molecule has 1 aromatic carbocycles. The molecule has 1 aromatic rings. The lowest BCUT2D eigenvalue weighted by Crippen LogP contribution is -2.18. The molecule has 0 saturated heterocycles. The molecule has 1 aliphatic carbocycles. The van der Waals surface area contributed by atoms with Crippen LogP contribution >= 0.6 is 15.9 Å². The van der Waals surface area contributed by atoms with Gasteiger partial charge in [0.1, 0.15) is 12.9 Å². The van der Waals surface area contributed by atoms with Gasteiger partial charge in [0.25, 0.3) is 0 Å². The minimum absolute atomic E-state index is 0.220. The molecule has 5 heteroatoms. The van der Waals surface area contributed by atoms with Gasteiger partial charge in [-0.05, 0) is 31.2 Å². The first-order chi connectivity index (χ1) is 12.5. The average Bonchev–Trinajstić information content (AvgIpc) is 2.63. The molecular weight excluding hydrogens is 397 g/mol. The van der Waals surface area contributed by atoms with Gasteiger partial charge in [0.15, 0.2) is 11.6 Å². The monoisotopic (exact) mass is 419 g/mol. The molecule has 138 valence electrons. The van der Waals surface area contributed by atoms with Crippen molar-refractivity contribution >= 4 is 22.2 Å². The molecule has 26 heavy (non-hydrogen) atoms. The van der Waals surface area contributed by atoms with Gasteiger partial charge >= 0.3 is 0 Å². The van der Waals surface area contributed by atoms with Crippen LogP contribution in [-0.4, -0.2) is 37.9 Å². The fourth-order valence-corrected chi connectivity index (χ4v) is 3.10. The van der Waals surface area contributed by atoms with Crippen molar-refractivity contribution in [1.82, 2.24) is 4.90 Å². The van der Waals surface area contributed by atoms with Gasteiger partial charge in [-0.2, -0.15) is 0 Å². The van der Waals surface area contributed by atoms with Crippen LogP contribution in [0.3, 0.4) is 0 Å². The zero-order valence-corrected chi connectivity index (χ0v) is 16.4. The molecule has 2 rings (SSSR count). The number of carbonyl (C=O) groups is 1. The molecule has 1 atom stereocenters. The van der Waals surface area contributed by atoms with Crippen LogP contribution in [0.5, 0.6) is 5.75 Å². The van der Waals surface area contributed by atoms with Crippen LogP contribution in [0.15, 0.2) is 66.8 Å². The number of hydrogen-bond acceptors (Lipinski definition) is 3. The molecule has 0 fully saturated rings. The number of hydrogen-bond donors (Lipinski definition) is 0. The Bertz CT molecular complexity index is 742. The highest BCUT2D eigenvalue weighted by Crippen LogP contribution is 2.40. The standard InChI is InChI=1S/C21H23BrFNO2/c1-3-12-24(2)13-4-5-14-26-20-7-6-18(15-19(20)23)21(22)10-8-17(16-25)9-11-21/h3-10,15-16H,1,11-14H2,2H3/b5-4+. The average molecular weight is 420 g/mol. The fourth-order valence-electron chi connectivity index (χ4n) is 2.56. The van der Waals surface area contributed by atoms with Crippen LogP contribution in [0.1, 0.15) is 12.0 Å². The van der Waals surface area contributed by atoms with Gasteiger partial charge in [-0.1, -0.05) is 58.5 Å². The summed E-state index contributed by atoms with van der Waals surface area (Å²) in [4.78, 5) is 12.9. The third-order valence-corrected chi connectivity index (χ3v) is 5.13. The van der Waals surface area contributed by atoms with Crippen molar-refractivity contribution < 1.29 is 13.9 Å². The number of nitrogens with zero attached hydrogens (tertiary/aromatic N) is 1.